The fourth-order valence-electron chi connectivity index (χ4n) is 3.41. The number of hydrogen-bond acceptors (Lipinski definition) is 5. The zero-order chi connectivity index (χ0) is 20.2. The molecule has 0 radical (unpaired) electrons. The van der Waals surface area contributed by atoms with Crippen molar-refractivity contribution in [3.63, 3.8) is 0 Å². The molecule has 5 nitrogen and oxygen atoms in total. The Labute approximate surface area is 183 Å². The number of nitrogens with zero attached hydrogens (tertiary/aromatic N) is 3. The van der Waals surface area contributed by atoms with Crippen molar-refractivity contribution in [2.75, 3.05) is 44.3 Å². The van der Waals surface area contributed by atoms with E-state index < -0.39 is 0 Å². The summed E-state index contributed by atoms with van der Waals surface area (Å²) in [4.78, 5) is 22.3. The van der Waals surface area contributed by atoms with Gasteiger partial charge in [-0.15, -0.1) is 0 Å². The molecule has 0 spiro atoms. The largest absolute Gasteiger partial charge is 0.379 e. The Hall–Kier alpha value is -1.80. The minimum atomic E-state index is 0.00472. The lowest BCUT2D eigenvalue weighted by molar-refractivity contribution is 0.0376. The van der Waals surface area contributed by atoms with Crippen LogP contribution in [0.15, 0.2) is 46.9 Å². The van der Waals surface area contributed by atoms with Gasteiger partial charge in [0.25, 0.3) is 5.91 Å². The number of aryl methyl sites for hydroxylation is 1. The van der Waals surface area contributed by atoms with E-state index in [1.165, 1.54) is 0 Å². The average molecular weight is 474 g/mol. The Bertz CT molecular complexity index is 983. The molecule has 1 fully saturated rings. The second kappa shape index (κ2) is 9.34. The zero-order valence-corrected chi connectivity index (χ0v) is 18.8. The van der Waals surface area contributed by atoms with Crippen LogP contribution in [-0.4, -0.2) is 55.2 Å². The van der Waals surface area contributed by atoms with Gasteiger partial charge >= 0.3 is 0 Å². The summed E-state index contributed by atoms with van der Waals surface area (Å²) in [6.45, 7) is 7.13. The topological polar surface area (TPSA) is 45.7 Å². The van der Waals surface area contributed by atoms with Crippen molar-refractivity contribution in [1.29, 1.82) is 0 Å². The number of carbonyl (C=O) groups excluding carboxylic acids is 1. The molecule has 1 saturated heterocycles. The van der Waals surface area contributed by atoms with Crippen LogP contribution in [0.25, 0.3) is 10.2 Å². The van der Waals surface area contributed by atoms with Crippen molar-refractivity contribution < 1.29 is 9.53 Å². The number of amides is 1. The van der Waals surface area contributed by atoms with Gasteiger partial charge in [-0.1, -0.05) is 45.0 Å². The number of ether oxygens (including phenoxy) is 1. The van der Waals surface area contributed by atoms with Gasteiger partial charge in [0.1, 0.15) is 0 Å². The van der Waals surface area contributed by atoms with Crippen LogP contribution in [0.1, 0.15) is 22.3 Å². The summed E-state index contributed by atoms with van der Waals surface area (Å²) in [5.41, 5.74) is 2.76. The molecular weight excluding hydrogens is 450 g/mol. The van der Waals surface area contributed by atoms with Crippen molar-refractivity contribution in [1.82, 2.24) is 9.88 Å². The summed E-state index contributed by atoms with van der Waals surface area (Å²) < 4.78 is 7.52. The Morgan fingerprint density at radius 3 is 2.72 bits per heavy atom. The molecule has 3 aromatic rings. The third-order valence-electron chi connectivity index (χ3n) is 5.07. The highest BCUT2D eigenvalue weighted by atomic mass is 79.9. The lowest BCUT2D eigenvalue weighted by Gasteiger charge is -2.27. The van der Waals surface area contributed by atoms with E-state index in [-0.39, 0.29) is 5.91 Å². The molecule has 2 aromatic carbocycles. The summed E-state index contributed by atoms with van der Waals surface area (Å²) in [7, 11) is 0. The molecule has 0 saturated carbocycles. The second-order valence-corrected chi connectivity index (χ2v) is 9.16. The summed E-state index contributed by atoms with van der Waals surface area (Å²) in [6, 6.07) is 13.8. The number of rotatable bonds is 6. The van der Waals surface area contributed by atoms with Gasteiger partial charge in [-0.25, -0.2) is 4.98 Å². The predicted molar refractivity (Wildman–Crippen MR) is 122 cm³/mol. The van der Waals surface area contributed by atoms with Crippen molar-refractivity contribution in [2.24, 2.45) is 0 Å². The van der Waals surface area contributed by atoms with Crippen molar-refractivity contribution in [2.45, 2.75) is 13.3 Å². The fraction of sp³-hybridized carbons (Fsp3) is 0.364. The molecule has 29 heavy (non-hydrogen) atoms. The molecular formula is C22H24BrN3O2S. The fourth-order valence-corrected chi connectivity index (χ4v) is 4.96. The van der Waals surface area contributed by atoms with Crippen LogP contribution in [0, 0.1) is 6.92 Å². The molecule has 0 atom stereocenters. The summed E-state index contributed by atoms with van der Waals surface area (Å²) >= 11 is 5.08. The maximum absolute atomic E-state index is 13.3. The monoisotopic (exact) mass is 473 g/mol. The van der Waals surface area contributed by atoms with E-state index >= 15 is 0 Å². The molecule has 0 N–H and O–H groups in total. The lowest BCUT2D eigenvalue weighted by Crippen LogP contribution is -2.39. The Morgan fingerprint density at radius 1 is 1.21 bits per heavy atom. The van der Waals surface area contributed by atoms with Crippen LogP contribution in [0.3, 0.4) is 0 Å². The Kier molecular flexibility index (Phi) is 6.60. The standard InChI is InChI=1S/C22H24BrN3O2S/c1-16-3-5-17(6-4-16)21(27)26(10-2-9-25-11-13-28-14-12-25)22-24-19-8-7-18(23)15-20(19)29-22/h3-8,15H,2,9-14H2,1H3. The van der Waals surface area contributed by atoms with Crippen molar-refractivity contribution >= 4 is 48.5 Å². The van der Waals surface area contributed by atoms with Crippen LogP contribution < -0.4 is 4.90 Å². The molecule has 0 aliphatic carbocycles. The normalized spacial score (nSPS) is 15.0. The van der Waals surface area contributed by atoms with E-state index in [0.29, 0.717) is 12.1 Å². The van der Waals surface area contributed by atoms with E-state index in [1.807, 2.05) is 48.2 Å². The van der Waals surface area contributed by atoms with E-state index in [9.17, 15) is 4.79 Å². The molecule has 7 heteroatoms. The maximum Gasteiger partial charge on any atom is 0.260 e. The highest BCUT2D eigenvalue weighted by Crippen LogP contribution is 2.31. The first-order valence-electron chi connectivity index (χ1n) is 9.85. The lowest BCUT2D eigenvalue weighted by atomic mass is 10.1. The van der Waals surface area contributed by atoms with Gasteiger partial charge in [0.05, 0.1) is 23.4 Å². The molecule has 152 valence electrons. The highest BCUT2D eigenvalue weighted by molar-refractivity contribution is 9.10. The molecule has 1 amide bonds. The quantitative estimate of drug-likeness (QED) is 0.518. The number of anilines is 1. The number of morpholine rings is 1. The third-order valence-corrected chi connectivity index (χ3v) is 6.61. The van der Waals surface area contributed by atoms with Crippen LogP contribution in [0.4, 0.5) is 5.13 Å². The Balaban J connectivity index is 1.56. The van der Waals surface area contributed by atoms with E-state index in [0.717, 1.165) is 64.7 Å². The molecule has 4 rings (SSSR count). The van der Waals surface area contributed by atoms with Crippen LogP contribution in [0.5, 0.6) is 0 Å². The summed E-state index contributed by atoms with van der Waals surface area (Å²) in [5, 5.41) is 0.755. The van der Waals surface area contributed by atoms with Gasteiger partial charge in [-0.2, -0.15) is 0 Å². The molecule has 2 heterocycles. The van der Waals surface area contributed by atoms with Crippen molar-refractivity contribution in [3.8, 4) is 0 Å². The Morgan fingerprint density at radius 2 is 1.97 bits per heavy atom. The van der Waals surface area contributed by atoms with E-state index in [1.54, 1.807) is 11.3 Å². The second-order valence-electron chi connectivity index (χ2n) is 7.24. The molecule has 1 aliphatic heterocycles. The molecule has 1 aromatic heterocycles. The smallest absolute Gasteiger partial charge is 0.260 e. The van der Waals surface area contributed by atoms with Gasteiger partial charge in [-0.05, 0) is 43.7 Å². The minimum absolute atomic E-state index is 0.00472. The van der Waals surface area contributed by atoms with Gasteiger partial charge < -0.3 is 4.74 Å². The molecule has 0 bridgehead atoms. The van der Waals surface area contributed by atoms with Gasteiger partial charge in [0.2, 0.25) is 0 Å². The van der Waals surface area contributed by atoms with Gasteiger partial charge in [0, 0.05) is 36.2 Å². The van der Waals surface area contributed by atoms with E-state index in [4.69, 9.17) is 9.72 Å². The molecule has 0 unspecified atom stereocenters. The number of carbonyl (C=O) groups is 1. The number of benzene rings is 2. The van der Waals surface area contributed by atoms with Crippen LogP contribution in [0.2, 0.25) is 0 Å². The van der Waals surface area contributed by atoms with Crippen LogP contribution in [-0.2, 0) is 4.74 Å². The van der Waals surface area contributed by atoms with Crippen molar-refractivity contribution in [3.05, 3.63) is 58.1 Å². The van der Waals surface area contributed by atoms with Crippen LogP contribution >= 0.6 is 27.3 Å². The number of fused-ring (bicyclic) bond motifs is 1. The molecule has 1 aliphatic rings. The summed E-state index contributed by atoms with van der Waals surface area (Å²) in [6.07, 6.45) is 0.900. The minimum Gasteiger partial charge on any atom is -0.379 e. The first-order valence-corrected chi connectivity index (χ1v) is 11.5. The predicted octanol–water partition coefficient (Wildman–Crippen LogP) is 4.74. The SMILES string of the molecule is Cc1ccc(C(=O)N(CCCN2CCOCC2)c2nc3ccc(Br)cc3s2)cc1. The first kappa shape index (κ1) is 20.5. The highest BCUT2D eigenvalue weighted by Gasteiger charge is 2.22. The summed E-state index contributed by atoms with van der Waals surface area (Å²) in [5.74, 6) is 0.00472. The maximum atomic E-state index is 13.3. The number of hydrogen-bond donors (Lipinski definition) is 0. The average Bonchev–Trinajstić information content (AvgIpc) is 3.15. The van der Waals surface area contributed by atoms with E-state index in [2.05, 4.69) is 26.9 Å². The number of halogens is 1. The van der Waals surface area contributed by atoms with Gasteiger partial charge in [-0.3, -0.25) is 14.6 Å². The number of aromatic nitrogens is 1. The third kappa shape index (κ3) is 5.04. The van der Waals surface area contributed by atoms with Gasteiger partial charge in [0.15, 0.2) is 5.13 Å². The number of thiazole rings is 1. The first-order chi connectivity index (χ1) is 14.1. The zero-order valence-electron chi connectivity index (χ0n) is 16.4.